The number of phenols is 2. The molecule has 3 N–H and O–H groups in total. The van der Waals surface area contributed by atoms with E-state index in [4.69, 9.17) is 15.3 Å². The summed E-state index contributed by atoms with van der Waals surface area (Å²) in [5.74, 6) is -2.24. The molecule has 6 nitrogen and oxygen atoms in total. The molecule has 0 spiro atoms. The van der Waals surface area contributed by atoms with E-state index < -0.39 is 17.9 Å². The maximum Gasteiger partial charge on any atom is 0.337 e. The first-order valence-electron chi connectivity index (χ1n) is 7.50. The Labute approximate surface area is 145 Å². The summed E-state index contributed by atoms with van der Waals surface area (Å²) in [6.07, 6.45) is 1.15. The first-order valence-corrected chi connectivity index (χ1v) is 7.50. The summed E-state index contributed by atoms with van der Waals surface area (Å²) >= 11 is 0. The number of phenolic OH excluding ortho intramolecular Hbond substituents is 2. The summed E-state index contributed by atoms with van der Waals surface area (Å²) in [5, 5.41) is 26.3. The molecule has 2 aromatic rings. The predicted octanol–water partition coefficient (Wildman–Crippen LogP) is 2.51. The van der Waals surface area contributed by atoms with Crippen molar-refractivity contribution in [2.45, 2.75) is 12.3 Å². The Hall–Kier alpha value is -3.12. The van der Waals surface area contributed by atoms with Crippen molar-refractivity contribution in [2.24, 2.45) is 0 Å². The van der Waals surface area contributed by atoms with Gasteiger partial charge in [-0.2, -0.15) is 0 Å². The molecular formula is C19H20O6. The number of carbonyl (C=O) groups excluding carboxylic acids is 2. The van der Waals surface area contributed by atoms with Gasteiger partial charge in [-0.25, -0.2) is 4.79 Å². The van der Waals surface area contributed by atoms with Gasteiger partial charge in [0.25, 0.3) is 0 Å². The Morgan fingerprint density at radius 1 is 1.00 bits per heavy atom. The molecule has 25 heavy (non-hydrogen) atoms. The molecule has 6 heteroatoms. The normalized spacial score (nSPS) is 10.8. The summed E-state index contributed by atoms with van der Waals surface area (Å²) in [6.45, 7) is 3.06. The van der Waals surface area contributed by atoms with Gasteiger partial charge in [0.15, 0.2) is 11.5 Å². The van der Waals surface area contributed by atoms with Crippen LogP contribution in [0.5, 0.6) is 11.5 Å². The first kappa shape index (κ1) is 19.9. The predicted molar refractivity (Wildman–Crippen MR) is 92.0 cm³/mol. The van der Waals surface area contributed by atoms with Crippen molar-refractivity contribution in [1.82, 2.24) is 0 Å². The lowest BCUT2D eigenvalue weighted by molar-refractivity contribution is -0.157. The minimum atomic E-state index is -0.783. The first-order chi connectivity index (χ1) is 12.0. The molecule has 0 saturated heterocycles. The Kier molecular flexibility index (Phi) is 8.46. The van der Waals surface area contributed by atoms with Gasteiger partial charge in [0.2, 0.25) is 0 Å². The number of aliphatic hydroxyl groups excluding tert-OH is 1. The lowest BCUT2D eigenvalue weighted by Gasteiger charge is -2.13. The van der Waals surface area contributed by atoms with Crippen molar-refractivity contribution in [3.05, 3.63) is 72.8 Å². The molecule has 0 aliphatic carbocycles. The lowest BCUT2D eigenvalue weighted by Crippen LogP contribution is -2.19. The molecule has 2 aromatic carbocycles. The van der Waals surface area contributed by atoms with Crippen LogP contribution in [0.2, 0.25) is 0 Å². The van der Waals surface area contributed by atoms with E-state index >= 15 is 0 Å². The van der Waals surface area contributed by atoms with Crippen LogP contribution in [-0.2, 0) is 14.3 Å². The molecule has 0 radical (unpaired) electrons. The van der Waals surface area contributed by atoms with Crippen molar-refractivity contribution in [2.75, 3.05) is 6.61 Å². The van der Waals surface area contributed by atoms with Crippen LogP contribution in [-0.4, -0.2) is 33.9 Å². The number of benzene rings is 2. The van der Waals surface area contributed by atoms with E-state index in [1.807, 2.05) is 6.07 Å². The number of ether oxygens (including phenoxy) is 1. The zero-order valence-electron chi connectivity index (χ0n) is 13.5. The molecule has 0 aliphatic heterocycles. The molecule has 0 amide bonds. The standard InChI is InChI=1S/C13H14O4.C6H6O2/c1-2-12(15)17-13(16)11(8-9-14)10-6-4-3-5-7-10;7-5-3-1-2-4-6(5)8/h2-7,11,14H,1,8-9H2;1-4,7-8H. The van der Waals surface area contributed by atoms with Crippen molar-refractivity contribution in [3.63, 3.8) is 0 Å². The molecule has 132 valence electrons. The number of aromatic hydroxyl groups is 2. The number of rotatable bonds is 5. The van der Waals surface area contributed by atoms with Crippen molar-refractivity contribution in [1.29, 1.82) is 0 Å². The number of hydrogen-bond donors (Lipinski definition) is 3. The second-order valence-electron chi connectivity index (χ2n) is 4.91. The summed E-state index contributed by atoms with van der Waals surface area (Å²) in [4.78, 5) is 22.6. The largest absolute Gasteiger partial charge is 0.504 e. The summed E-state index contributed by atoms with van der Waals surface area (Å²) in [5.41, 5.74) is 0.711. The Morgan fingerprint density at radius 3 is 1.96 bits per heavy atom. The third-order valence-corrected chi connectivity index (χ3v) is 3.15. The highest BCUT2D eigenvalue weighted by atomic mass is 16.6. The van der Waals surface area contributed by atoms with Crippen LogP contribution < -0.4 is 0 Å². The molecule has 0 bridgehead atoms. The van der Waals surface area contributed by atoms with Crippen molar-refractivity contribution in [3.8, 4) is 11.5 Å². The second-order valence-corrected chi connectivity index (χ2v) is 4.91. The van der Waals surface area contributed by atoms with E-state index in [0.29, 0.717) is 5.56 Å². The van der Waals surface area contributed by atoms with E-state index in [0.717, 1.165) is 6.08 Å². The fourth-order valence-corrected chi connectivity index (χ4v) is 1.91. The smallest absolute Gasteiger partial charge is 0.337 e. The molecule has 1 atom stereocenters. The maximum atomic E-state index is 11.7. The van der Waals surface area contributed by atoms with Crippen LogP contribution in [0.15, 0.2) is 67.3 Å². The van der Waals surface area contributed by atoms with Crippen molar-refractivity contribution >= 4 is 11.9 Å². The number of carbonyl (C=O) groups is 2. The summed E-state index contributed by atoms with van der Waals surface area (Å²) in [7, 11) is 0. The fourth-order valence-electron chi connectivity index (χ4n) is 1.91. The van der Waals surface area contributed by atoms with Gasteiger partial charge in [0.1, 0.15) is 0 Å². The molecule has 1 unspecified atom stereocenters. The van der Waals surface area contributed by atoms with E-state index in [-0.39, 0.29) is 24.5 Å². The average molecular weight is 344 g/mol. The van der Waals surface area contributed by atoms with Gasteiger partial charge in [-0.1, -0.05) is 49.0 Å². The van der Waals surface area contributed by atoms with Gasteiger partial charge in [0, 0.05) is 12.7 Å². The zero-order chi connectivity index (χ0) is 18.7. The highest BCUT2D eigenvalue weighted by Gasteiger charge is 2.23. The summed E-state index contributed by atoms with van der Waals surface area (Å²) < 4.78 is 4.56. The van der Waals surface area contributed by atoms with E-state index in [9.17, 15) is 9.59 Å². The quantitative estimate of drug-likeness (QED) is 0.333. The van der Waals surface area contributed by atoms with Gasteiger partial charge >= 0.3 is 11.9 Å². The highest BCUT2D eigenvalue weighted by molar-refractivity contribution is 5.94. The van der Waals surface area contributed by atoms with Gasteiger partial charge in [-0.3, -0.25) is 4.79 Å². The topological polar surface area (TPSA) is 104 Å². The molecular weight excluding hydrogens is 324 g/mol. The molecule has 0 heterocycles. The van der Waals surface area contributed by atoms with Crippen LogP contribution in [0, 0.1) is 0 Å². The van der Waals surface area contributed by atoms with Crippen LogP contribution in [0.3, 0.4) is 0 Å². The van der Waals surface area contributed by atoms with Crippen LogP contribution in [0.1, 0.15) is 17.9 Å². The van der Waals surface area contributed by atoms with E-state index in [1.165, 1.54) is 12.1 Å². The van der Waals surface area contributed by atoms with Crippen molar-refractivity contribution < 1.29 is 29.6 Å². The van der Waals surface area contributed by atoms with Crippen LogP contribution >= 0.6 is 0 Å². The minimum absolute atomic E-state index is 0.0764. The Bertz CT molecular complexity index is 675. The van der Waals surface area contributed by atoms with E-state index in [2.05, 4.69) is 11.3 Å². The summed E-state index contributed by atoms with van der Waals surface area (Å²) in [6, 6.07) is 15.0. The van der Waals surface area contributed by atoms with E-state index in [1.54, 1.807) is 36.4 Å². The monoisotopic (exact) mass is 344 g/mol. The van der Waals surface area contributed by atoms with Crippen LogP contribution in [0.4, 0.5) is 0 Å². The van der Waals surface area contributed by atoms with Gasteiger partial charge in [0.05, 0.1) is 5.92 Å². The number of esters is 2. The third kappa shape index (κ3) is 6.88. The fraction of sp³-hybridized carbons (Fsp3) is 0.158. The maximum absolute atomic E-state index is 11.7. The highest BCUT2D eigenvalue weighted by Crippen LogP contribution is 2.21. The molecule has 0 fully saturated rings. The molecule has 0 aliphatic rings. The third-order valence-electron chi connectivity index (χ3n) is 3.15. The minimum Gasteiger partial charge on any atom is -0.504 e. The Morgan fingerprint density at radius 2 is 1.52 bits per heavy atom. The van der Waals surface area contributed by atoms with Gasteiger partial charge < -0.3 is 20.1 Å². The zero-order valence-corrected chi connectivity index (χ0v) is 13.5. The number of hydrogen-bond acceptors (Lipinski definition) is 6. The molecule has 0 saturated carbocycles. The Balaban J connectivity index is 0.000000324. The number of para-hydroxylation sites is 2. The van der Waals surface area contributed by atoms with Gasteiger partial charge in [-0.15, -0.1) is 0 Å². The molecule has 2 rings (SSSR count). The van der Waals surface area contributed by atoms with Gasteiger partial charge in [-0.05, 0) is 24.1 Å². The van der Waals surface area contributed by atoms with Crippen LogP contribution in [0.25, 0.3) is 0 Å². The SMILES string of the molecule is C=CC(=O)OC(=O)C(CCO)c1ccccc1.Oc1ccccc1O. The lowest BCUT2D eigenvalue weighted by atomic mass is 9.96. The number of aliphatic hydroxyl groups is 1. The second kappa shape index (κ2) is 10.6. The average Bonchev–Trinajstić information content (AvgIpc) is 2.63. The molecule has 0 aromatic heterocycles.